The van der Waals surface area contributed by atoms with Crippen LogP contribution in [0.2, 0.25) is 0 Å². The van der Waals surface area contributed by atoms with E-state index in [2.05, 4.69) is 0 Å². The molecule has 1 unspecified atom stereocenters. The Morgan fingerprint density at radius 3 is 2.80 bits per heavy atom. The Morgan fingerprint density at radius 1 is 1.40 bits per heavy atom. The molecule has 5 heteroatoms. The largest absolute Gasteiger partial charge is 0.350 e. The van der Waals surface area contributed by atoms with Crippen LogP contribution in [0.4, 0.5) is 5.69 Å². The number of benzene rings is 1. The summed E-state index contributed by atoms with van der Waals surface area (Å²) < 4.78 is 2.03. The summed E-state index contributed by atoms with van der Waals surface area (Å²) in [5.74, 6) is 0. The van der Waals surface area contributed by atoms with E-state index in [9.17, 15) is 10.1 Å². The third kappa shape index (κ3) is 3.24. The van der Waals surface area contributed by atoms with Gasteiger partial charge in [0, 0.05) is 36.6 Å². The van der Waals surface area contributed by atoms with Crippen LogP contribution in [0.3, 0.4) is 0 Å². The van der Waals surface area contributed by atoms with Crippen LogP contribution in [0, 0.1) is 17.0 Å². The summed E-state index contributed by atoms with van der Waals surface area (Å²) in [5, 5.41) is 10.9. The second-order valence-electron chi connectivity index (χ2n) is 5.19. The Labute approximate surface area is 118 Å². The Balaban J connectivity index is 2.20. The van der Waals surface area contributed by atoms with Gasteiger partial charge in [-0.15, -0.1) is 0 Å². The molecule has 0 aliphatic rings. The average Bonchev–Trinajstić information content (AvgIpc) is 2.78. The van der Waals surface area contributed by atoms with Crippen LogP contribution in [0.1, 0.15) is 23.6 Å². The summed E-state index contributed by atoms with van der Waals surface area (Å²) >= 11 is 0. The lowest BCUT2D eigenvalue weighted by Crippen LogP contribution is -2.17. The molecule has 1 heterocycles. The molecule has 106 valence electrons. The normalized spacial score (nSPS) is 12.3. The number of hydrogen-bond donors (Lipinski definition) is 1. The minimum atomic E-state index is -0.337. The first-order valence-electron chi connectivity index (χ1n) is 6.60. The molecule has 1 aromatic heterocycles. The molecule has 0 aliphatic heterocycles. The molecule has 0 radical (unpaired) electrons. The molecular formula is C15H19N3O2. The number of nitrogens with two attached hydrogens (primary N) is 1. The van der Waals surface area contributed by atoms with Gasteiger partial charge in [0.2, 0.25) is 0 Å². The Morgan fingerprint density at radius 2 is 2.15 bits per heavy atom. The van der Waals surface area contributed by atoms with Gasteiger partial charge in [0.1, 0.15) is 0 Å². The van der Waals surface area contributed by atoms with Crippen LogP contribution >= 0.6 is 0 Å². The fourth-order valence-electron chi connectivity index (χ4n) is 2.32. The van der Waals surface area contributed by atoms with Gasteiger partial charge >= 0.3 is 0 Å². The molecule has 2 aromatic rings. The lowest BCUT2D eigenvalue weighted by Gasteiger charge is -2.07. The lowest BCUT2D eigenvalue weighted by molar-refractivity contribution is -0.385. The standard InChI is InChI=1S/C15H19N3O2/c1-11(16)8-13-6-7-17(9-13)10-14-4-3-5-15(12(14)2)18(19)20/h3-7,9,11H,8,10,16H2,1-2H3. The van der Waals surface area contributed by atoms with E-state index in [0.717, 1.165) is 17.5 Å². The molecule has 1 atom stereocenters. The highest BCUT2D eigenvalue weighted by Crippen LogP contribution is 2.22. The molecule has 0 fully saturated rings. The minimum absolute atomic E-state index is 0.130. The van der Waals surface area contributed by atoms with E-state index < -0.39 is 0 Å². The number of nitro groups is 1. The molecule has 0 saturated heterocycles. The van der Waals surface area contributed by atoms with Gasteiger partial charge in [0.15, 0.2) is 0 Å². The summed E-state index contributed by atoms with van der Waals surface area (Å²) in [7, 11) is 0. The van der Waals surface area contributed by atoms with E-state index in [0.29, 0.717) is 6.54 Å². The summed E-state index contributed by atoms with van der Waals surface area (Å²) in [6.45, 7) is 4.40. The first-order valence-corrected chi connectivity index (χ1v) is 6.60. The van der Waals surface area contributed by atoms with Crippen LogP contribution in [-0.4, -0.2) is 15.5 Å². The van der Waals surface area contributed by atoms with Crippen molar-refractivity contribution < 1.29 is 4.92 Å². The van der Waals surface area contributed by atoms with Crippen LogP contribution in [-0.2, 0) is 13.0 Å². The van der Waals surface area contributed by atoms with Crippen molar-refractivity contribution >= 4 is 5.69 Å². The van der Waals surface area contributed by atoms with Crippen molar-refractivity contribution in [3.63, 3.8) is 0 Å². The number of nitro benzene ring substituents is 1. The van der Waals surface area contributed by atoms with E-state index in [1.54, 1.807) is 13.0 Å². The zero-order valence-electron chi connectivity index (χ0n) is 11.7. The minimum Gasteiger partial charge on any atom is -0.350 e. The summed E-state index contributed by atoms with van der Waals surface area (Å²) in [6, 6.07) is 7.36. The fraction of sp³-hybridized carbons (Fsp3) is 0.333. The first kappa shape index (κ1) is 14.3. The Bertz CT molecular complexity index is 617. The highest BCUT2D eigenvalue weighted by Gasteiger charge is 2.13. The molecule has 2 N–H and O–H groups in total. The number of aromatic nitrogens is 1. The van der Waals surface area contributed by atoms with E-state index >= 15 is 0 Å². The molecule has 0 aliphatic carbocycles. The van der Waals surface area contributed by atoms with E-state index in [-0.39, 0.29) is 16.7 Å². The number of rotatable bonds is 5. The van der Waals surface area contributed by atoms with Gasteiger partial charge in [-0.1, -0.05) is 12.1 Å². The van der Waals surface area contributed by atoms with E-state index in [1.807, 2.05) is 36.0 Å². The van der Waals surface area contributed by atoms with Gasteiger partial charge in [-0.05, 0) is 37.5 Å². The highest BCUT2D eigenvalue weighted by molar-refractivity contribution is 5.44. The Kier molecular flexibility index (Phi) is 4.20. The molecule has 2 rings (SSSR count). The molecule has 20 heavy (non-hydrogen) atoms. The van der Waals surface area contributed by atoms with Crippen LogP contribution < -0.4 is 5.73 Å². The topological polar surface area (TPSA) is 74.1 Å². The Hall–Kier alpha value is -2.14. The van der Waals surface area contributed by atoms with Crippen LogP contribution in [0.5, 0.6) is 0 Å². The zero-order chi connectivity index (χ0) is 14.7. The molecule has 5 nitrogen and oxygen atoms in total. The van der Waals surface area contributed by atoms with E-state index in [4.69, 9.17) is 5.73 Å². The SMILES string of the molecule is Cc1c(Cn2ccc(CC(C)N)c2)cccc1[N+](=O)[O-]. The lowest BCUT2D eigenvalue weighted by atomic mass is 10.1. The monoisotopic (exact) mass is 273 g/mol. The summed E-state index contributed by atoms with van der Waals surface area (Å²) in [4.78, 5) is 10.6. The smallest absolute Gasteiger partial charge is 0.272 e. The van der Waals surface area contributed by atoms with Gasteiger partial charge < -0.3 is 10.3 Å². The van der Waals surface area contributed by atoms with Crippen LogP contribution in [0.15, 0.2) is 36.7 Å². The van der Waals surface area contributed by atoms with Crippen molar-refractivity contribution in [3.05, 3.63) is 63.5 Å². The van der Waals surface area contributed by atoms with Crippen molar-refractivity contribution in [1.82, 2.24) is 4.57 Å². The quantitative estimate of drug-likeness (QED) is 0.672. The van der Waals surface area contributed by atoms with Crippen molar-refractivity contribution in [2.24, 2.45) is 5.73 Å². The predicted octanol–water partition coefficient (Wildman–Crippen LogP) is 2.64. The molecular weight excluding hydrogens is 254 g/mol. The fourth-order valence-corrected chi connectivity index (χ4v) is 2.32. The maximum atomic E-state index is 10.9. The molecule has 0 spiro atoms. The van der Waals surface area contributed by atoms with Crippen molar-refractivity contribution in [3.8, 4) is 0 Å². The second-order valence-corrected chi connectivity index (χ2v) is 5.19. The highest BCUT2D eigenvalue weighted by atomic mass is 16.6. The van der Waals surface area contributed by atoms with Crippen molar-refractivity contribution in [2.45, 2.75) is 32.9 Å². The van der Waals surface area contributed by atoms with Gasteiger partial charge in [-0.2, -0.15) is 0 Å². The third-order valence-electron chi connectivity index (χ3n) is 3.34. The number of hydrogen-bond acceptors (Lipinski definition) is 3. The predicted molar refractivity (Wildman–Crippen MR) is 78.7 cm³/mol. The zero-order valence-corrected chi connectivity index (χ0v) is 11.7. The number of nitrogens with zero attached hydrogens (tertiary/aromatic N) is 2. The average molecular weight is 273 g/mol. The molecule has 0 saturated carbocycles. The first-order chi connectivity index (χ1) is 9.47. The van der Waals surface area contributed by atoms with E-state index in [1.165, 1.54) is 11.6 Å². The van der Waals surface area contributed by atoms with Gasteiger partial charge in [-0.25, -0.2) is 0 Å². The second kappa shape index (κ2) is 5.88. The van der Waals surface area contributed by atoms with Gasteiger partial charge in [0.25, 0.3) is 5.69 Å². The van der Waals surface area contributed by atoms with Gasteiger partial charge in [0.05, 0.1) is 4.92 Å². The summed E-state index contributed by atoms with van der Waals surface area (Å²) in [5.41, 5.74) is 8.82. The van der Waals surface area contributed by atoms with Crippen LogP contribution in [0.25, 0.3) is 0 Å². The van der Waals surface area contributed by atoms with Crippen molar-refractivity contribution in [2.75, 3.05) is 0 Å². The maximum absolute atomic E-state index is 10.9. The van der Waals surface area contributed by atoms with Crippen molar-refractivity contribution in [1.29, 1.82) is 0 Å². The summed E-state index contributed by atoms with van der Waals surface area (Å²) in [6.07, 6.45) is 4.86. The molecule has 1 aromatic carbocycles. The molecule has 0 amide bonds. The maximum Gasteiger partial charge on any atom is 0.272 e. The third-order valence-corrected chi connectivity index (χ3v) is 3.34. The van der Waals surface area contributed by atoms with Gasteiger partial charge in [-0.3, -0.25) is 10.1 Å². The molecule has 0 bridgehead atoms.